The van der Waals surface area contributed by atoms with E-state index in [4.69, 9.17) is 15.2 Å². The van der Waals surface area contributed by atoms with E-state index in [-0.39, 0.29) is 11.3 Å². The number of methoxy groups -OCH3 is 2. The molecule has 0 fully saturated rings. The second-order valence-electron chi connectivity index (χ2n) is 3.84. The third kappa shape index (κ3) is 2.77. The summed E-state index contributed by atoms with van der Waals surface area (Å²) in [7, 11) is 2.96. The average molecular weight is 274 g/mol. The van der Waals surface area contributed by atoms with Crippen LogP contribution < -0.4 is 20.5 Å². The molecular formula is C13H14N4O3. The van der Waals surface area contributed by atoms with Gasteiger partial charge in [-0.3, -0.25) is 9.78 Å². The van der Waals surface area contributed by atoms with Crippen LogP contribution in [-0.4, -0.2) is 30.1 Å². The van der Waals surface area contributed by atoms with Gasteiger partial charge in [0.25, 0.3) is 5.91 Å². The molecule has 0 radical (unpaired) electrons. The molecule has 1 heterocycles. The van der Waals surface area contributed by atoms with E-state index in [0.717, 1.165) is 0 Å². The topological polar surface area (TPSA) is 99.4 Å². The fraction of sp³-hybridized carbons (Fsp3) is 0.154. The number of ether oxygens (including phenoxy) is 2. The Hall–Kier alpha value is -2.83. The highest BCUT2D eigenvalue weighted by Gasteiger charge is 2.16. The van der Waals surface area contributed by atoms with Crippen molar-refractivity contribution in [3.8, 4) is 11.5 Å². The molecule has 7 heteroatoms. The van der Waals surface area contributed by atoms with Gasteiger partial charge in [0.05, 0.1) is 31.7 Å². The molecular weight excluding hydrogens is 260 g/mol. The normalized spacial score (nSPS) is 9.90. The van der Waals surface area contributed by atoms with Gasteiger partial charge >= 0.3 is 0 Å². The summed E-state index contributed by atoms with van der Waals surface area (Å²) in [6, 6.07) is 3.14. The molecule has 2 aromatic rings. The zero-order valence-electron chi connectivity index (χ0n) is 11.1. The van der Waals surface area contributed by atoms with Crippen LogP contribution in [0.25, 0.3) is 0 Å². The van der Waals surface area contributed by atoms with Crippen molar-refractivity contribution in [3.05, 3.63) is 36.3 Å². The minimum Gasteiger partial charge on any atom is -0.497 e. The Morgan fingerprint density at radius 1 is 1.25 bits per heavy atom. The van der Waals surface area contributed by atoms with E-state index in [9.17, 15) is 4.79 Å². The SMILES string of the molecule is COc1cc(OC)c(N)c(C(=O)Nc2cnccn2)c1. The number of nitrogens with zero attached hydrogens (tertiary/aromatic N) is 2. The lowest BCUT2D eigenvalue weighted by Gasteiger charge is -2.12. The summed E-state index contributed by atoms with van der Waals surface area (Å²) < 4.78 is 10.2. The summed E-state index contributed by atoms with van der Waals surface area (Å²) >= 11 is 0. The molecule has 0 aliphatic carbocycles. The van der Waals surface area contributed by atoms with Crippen LogP contribution in [0.1, 0.15) is 10.4 Å². The molecule has 1 aromatic heterocycles. The molecule has 0 atom stereocenters. The van der Waals surface area contributed by atoms with Gasteiger partial charge in [0.15, 0.2) is 5.82 Å². The molecule has 0 bridgehead atoms. The number of benzene rings is 1. The van der Waals surface area contributed by atoms with Gasteiger partial charge in [-0.25, -0.2) is 4.98 Å². The van der Waals surface area contributed by atoms with Gasteiger partial charge in [-0.2, -0.15) is 0 Å². The van der Waals surface area contributed by atoms with Gasteiger partial charge < -0.3 is 20.5 Å². The van der Waals surface area contributed by atoms with Crippen molar-refractivity contribution in [1.82, 2.24) is 9.97 Å². The van der Waals surface area contributed by atoms with Crippen molar-refractivity contribution < 1.29 is 14.3 Å². The van der Waals surface area contributed by atoms with Gasteiger partial charge in [0.1, 0.15) is 11.5 Å². The van der Waals surface area contributed by atoms with Gasteiger partial charge in [-0.15, -0.1) is 0 Å². The van der Waals surface area contributed by atoms with Crippen LogP contribution in [0.4, 0.5) is 11.5 Å². The van der Waals surface area contributed by atoms with Crippen molar-refractivity contribution in [2.75, 3.05) is 25.3 Å². The molecule has 0 saturated heterocycles. The number of amides is 1. The maximum absolute atomic E-state index is 12.2. The zero-order chi connectivity index (χ0) is 14.5. The average Bonchev–Trinajstić information content (AvgIpc) is 2.48. The highest BCUT2D eigenvalue weighted by atomic mass is 16.5. The number of rotatable bonds is 4. The first-order valence-electron chi connectivity index (χ1n) is 5.74. The summed E-state index contributed by atoms with van der Waals surface area (Å²) in [6.45, 7) is 0. The number of hydrogen-bond acceptors (Lipinski definition) is 6. The van der Waals surface area contributed by atoms with Gasteiger partial charge in [0.2, 0.25) is 0 Å². The molecule has 1 aromatic carbocycles. The quantitative estimate of drug-likeness (QED) is 0.816. The second-order valence-corrected chi connectivity index (χ2v) is 3.84. The standard InChI is InChI=1S/C13H14N4O3/c1-19-8-5-9(12(14)10(6-8)20-2)13(18)17-11-7-15-3-4-16-11/h3-7H,14H2,1-2H3,(H,16,17,18). The maximum Gasteiger partial charge on any atom is 0.259 e. The largest absolute Gasteiger partial charge is 0.497 e. The first kappa shape index (κ1) is 13.6. The molecule has 0 aliphatic rings. The van der Waals surface area contributed by atoms with Gasteiger partial charge in [-0.1, -0.05) is 0 Å². The summed E-state index contributed by atoms with van der Waals surface area (Å²) in [5.74, 6) is 0.757. The number of nitrogens with two attached hydrogens (primary N) is 1. The first-order chi connectivity index (χ1) is 9.65. The van der Waals surface area contributed by atoms with Crippen LogP contribution in [0.15, 0.2) is 30.7 Å². The Labute approximate surface area is 115 Å². The summed E-state index contributed by atoms with van der Waals surface area (Å²) in [5.41, 5.74) is 6.37. The van der Waals surface area contributed by atoms with Crippen LogP contribution in [0.3, 0.4) is 0 Å². The van der Waals surface area contributed by atoms with E-state index in [1.165, 1.54) is 38.9 Å². The van der Waals surface area contributed by atoms with E-state index < -0.39 is 5.91 Å². The highest BCUT2D eigenvalue weighted by molar-refractivity contribution is 6.08. The fourth-order valence-corrected chi connectivity index (χ4v) is 1.62. The molecule has 1 amide bonds. The Morgan fingerprint density at radius 2 is 2.05 bits per heavy atom. The third-order valence-electron chi connectivity index (χ3n) is 2.62. The molecule has 3 N–H and O–H groups in total. The van der Waals surface area contributed by atoms with Crippen LogP contribution >= 0.6 is 0 Å². The Bertz CT molecular complexity index is 617. The van der Waals surface area contributed by atoms with Crippen LogP contribution in [0, 0.1) is 0 Å². The van der Waals surface area contributed by atoms with Crippen molar-refractivity contribution in [2.45, 2.75) is 0 Å². The van der Waals surface area contributed by atoms with Gasteiger partial charge in [0, 0.05) is 18.5 Å². The van der Waals surface area contributed by atoms with Crippen molar-refractivity contribution >= 4 is 17.4 Å². The van der Waals surface area contributed by atoms with Crippen LogP contribution in [-0.2, 0) is 0 Å². The molecule has 104 valence electrons. The molecule has 0 aliphatic heterocycles. The minimum atomic E-state index is -0.416. The fourth-order valence-electron chi connectivity index (χ4n) is 1.62. The zero-order valence-corrected chi connectivity index (χ0v) is 11.1. The van der Waals surface area contributed by atoms with Crippen molar-refractivity contribution in [2.24, 2.45) is 0 Å². The number of nitrogen functional groups attached to an aromatic ring is 1. The molecule has 20 heavy (non-hydrogen) atoms. The summed E-state index contributed by atoms with van der Waals surface area (Å²) in [5, 5.41) is 2.60. The molecule has 0 unspecified atom stereocenters. The van der Waals surface area contributed by atoms with E-state index >= 15 is 0 Å². The first-order valence-corrected chi connectivity index (χ1v) is 5.74. The number of carbonyl (C=O) groups is 1. The monoisotopic (exact) mass is 274 g/mol. The summed E-state index contributed by atoms with van der Waals surface area (Å²) in [4.78, 5) is 20.0. The predicted molar refractivity (Wildman–Crippen MR) is 73.9 cm³/mol. The lowest BCUT2D eigenvalue weighted by Crippen LogP contribution is -2.15. The molecule has 7 nitrogen and oxygen atoms in total. The minimum absolute atomic E-state index is 0.231. The van der Waals surface area contributed by atoms with E-state index in [1.807, 2.05) is 0 Å². The Kier molecular flexibility index (Phi) is 3.99. The van der Waals surface area contributed by atoms with E-state index in [0.29, 0.717) is 17.3 Å². The Balaban J connectivity index is 2.34. The van der Waals surface area contributed by atoms with E-state index in [2.05, 4.69) is 15.3 Å². The molecule has 2 rings (SSSR count). The third-order valence-corrected chi connectivity index (χ3v) is 2.62. The number of hydrogen-bond donors (Lipinski definition) is 2. The highest BCUT2D eigenvalue weighted by Crippen LogP contribution is 2.31. The van der Waals surface area contributed by atoms with Crippen LogP contribution in [0.5, 0.6) is 11.5 Å². The Morgan fingerprint density at radius 3 is 2.65 bits per heavy atom. The lowest BCUT2D eigenvalue weighted by molar-refractivity contribution is 0.102. The van der Waals surface area contributed by atoms with E-state index in [1.54, 1.807) is 6.07 Å². The summed E-state index contributed by atoms with van der Waals surface area (Å²) in [6.07, 6.45) is 4.43. The number of aromatic nitrogens is 2. The maximum atomic E-state index is 12.2. The number of nitrogens with one attached hydrogen (secondary N) is 1. The van der Waals surface area contributed by atoms with Gasteiger partial charge in [-0.05, 0) is 6.07 Å². The number of carbonyl (C=O) groups excluding carboxylic acids is 1. The molecule has 0 saturated carbocycles. The molecule has 0 spiro atoms. The smallest absolute Gasteiger partial charge is 0.259 e. The van der Waals surface area contributed by atoms with Crippen molar-refractivity contribution in [3.63, 3.8) is 0 Å². The van der Waals surface area contributed by atoms with Crippen molar-refractivity contribution in [1.29, 1.82) is 0 Å². The lowest BCUT2D eigenvalue weighted by atomic mass is 10.1. The predicted octanol–water partition coefficient (Wildman–Crippen LogP) is 1.33. The second kappa shape index (κ2) is 5.87. The van der Waals surface area contributed by atoms with Crippen LogP contribution in [0.2, 0.25) is 0 Å². The number of anilines is 2.